The summed E-state index contributed by atoms with van der Waals surface area (Å²) in [7, 11) is 4.99. The number of ether oxygens (including phenoxy) is 3. The van der Waals surface area contributed by atoms with Crippen molar-refractivity contribution >= 4 is 0 Å². The van der Waals surface area contributed by atoms with E-state index in [1.807, 2.05) is 12.1 Å². The van der Waals surface area contributed by atoms with Gasteiger partial charge in [0.15, 0.2) is 11.5 Å². The van der Waals surface area contributed by atoms with Crippen LogP contribution in [0.25, 0.3) is 0 Å². The van der Waals surface area contributed by atoms with E-state index in [9.17, 15) is 0 Å². The van der Waals surface area contributed by atoms with Crippen LogP contribution in [0.5, 0.6) is 17.2 Å². The molecule has 0 heterocycles. The predicted molar refractivity (Wildman–Crippen MR) is 86.6 cm³/mol. The van der Waals surface area contributed by atoms with Crippen LogP contribution in [0.15, 0.2) is 12.1 Å². The first kappa shape index (κ1) is 17.6. The van der Waals surface area contributed by atoms with E-state index in [2.05, 4.69) is 26.1 Å². The summed E-state index contributed by atoms with van der Waals surface area (Å²) in [6, 6.07) is 4.17. The minimum absolute atomic E-state index is 0.240. The van der Waals surface area contributed by atoms with Gasteiger partial charge in [0, 0.05) is 17.7 Å². The highest BCUT2D eigenvalue weighted by Crippen LogP contribution is 2.40. The van der Waals surface area contributed by atoms with Crippen LogP contribution in [0.4, 0.5) is 0 Å². The summed E-state index contributed by atoms with van der Waals surface area (Å²) in [5.41, 5.74) is 1.12. The Hall–Kier alpha value is -1.42. The molecule has 0 saturated carbocycles. The highest BCUT2D eigenvalue weighted by atomic mass is 16.5. The Morgan fingerprint density at radius 1 is 0.952 bits per heavy atom. The fraction of sp³-hybridized carbons (Fsp3) is 0.647. The molecule has 2 atom stereocenters. The molecule has 1 rings (SSSR count). The average molecular weight is 295 g/mol. The van der Waals surface area contributed by atoms with E-state index in [1.54, 1.807) is 21.3 Å². The second-order valence-corrected chi connectivity index (χ2v) is 5.27. The van der Waals surface area contributed by atoms with Crippen molar-refractivity contribution in [3.63, 3.8) is 0 Å². The van der Waals surface area contributed by atoms with E-state index in [1.165, 1.54) is 0 Å². The standard InChI is InChI=1S/C17H29NO3/c1-7-9-18-17(12(3)8-2)13-10-15(20-5)16(21-6)11-14(13)19-4/h10-12,17-18H,7-9H2,1-6H3. The molecular formula is C17H29NO3. The lowest BCUT2D eigenvalue weighted by molar-refractivity contribution is 0.331. The molecule has 0 fully saturated rings. The molecule has 1 aromatic carbocycles. The first-order valence-electron chi connectivity index (χ1n) is 7.66. The quantitative estimate of drug-likeness (QED) is 0.752. The van der Waals surface area contributed by atoms with Crippen molar-refractivity contribution in [1.29, 1.82) is 0 Å². The van der Waals surface area contributed by atoms with Gasteiger partial charge in [0.1, 0.15) is 5.75 Å². The van der Waals surface area contributed by atoms with Gasteiger partial charge in [-0.3, -0.25) is 0 Å². The third-order valence-corrected chi connectivity index (χ3v) is 3.90. The molecule has 4 heteroatoms. The van der Waals surface area contributed by atoms with Crippen LogP contribution < -0.4 is 19.5 Å². The summed E-state index contributed by atoms with van der Waals surface area (Å²) in [6.45, 7) is 7.61. The smallest absolute Gasteiger partial charge is 0.164 e. The van der Waals surface area contributed by atoms with Gasteiger partial charge in [-0.15, -0.1) is 0 Å². The Kier molecular flexibility index (Phi) is 7.37. The molecule has 21 heavy (non-hydrogen) atoms. The third-order valence-electron chi connectivity index (χ3n) is 3.90. The number of methoxy groups -OCH3 is 3. The molecule has 120 valence electrons. The van der Waals surface area contributed by atoms with Crippen molar-refractivity contribution in [1.82, 2.24) is 5.32 Å². The van der Waals surface area contributed by atoms with E-state index in [-0.39, 0.29) is 6.04 Å². The zero-order valence-corrected chi connectivity index (χ0v) is 14.2. The zero-order chi connectivity index (χ0) is 15.8. The van der Waals surface area contributed by atoms with Crippen LogP contribution in [0.2, 0.25) is 0 Å². The van der Waals surface area contributed by atoms with Crippen molar-refractivity contribution in [2.75, 3.05) is 27.9 Å². The van der Waals surface area contributed by atoms with Crippen molar-refractivity contribution in [3.8, 4) is 17.2 Å². The first-order valence-corrected chi connectivity index (χ1v) is 7.66. The van der Waals surface area contributed by atoms with Crippen LogP contribution in [0.1, 0.15) is 45.2 Å². The molecular weight excluding hydrogens is 266 g/mol. The fourth-order valence-electron chi connectivity index (χ4n) is 2.45. The first-order chi connectivity index (χ1) is 10.1. The average Bonchev–Trinajstić information content (AvgIpc) is 2.53. The lowest BCUT2D eigenvalue weighted by Gasteiger charge is -2.27. The maximum Gasteiger partial charge on any atom is 0.164 e. The molecule has 1 aromatic rings. The van der Waals surface area contributed by atoms with Crippen LogP contribution in [0.3, 0.4) is 0 Å². The monoisotopic (exact) mass is 295 g/mol. The van der Waals surface area contributed by atoms with Gasteiger partial charge in [0.25, 0.3) is 0 Å². The molecule has 4 nitrogen and oxygen atoms in total. The van der Waals surface area contributed by atoms with E-state index in [0.717, 1.165) is 36.4 Å². The van der Waals surface area contributed by atoms with Gasteiger partial charge in [-0.1, -0.05) is 27.2 Å². The number of rotatable bonds is 9. The van der Waals surface area contributed by atoms with E-state index >= 15 is 0 Å². The fourth-order valence-corrected chi connectivity index (χ4v) is 2.45. The van der Waals surface area contributed by atoms with Gasteiger partial charge >= 0.3 is 0 Å². The van der Waals surface area contributed by atoms with Crippen LogP contribution in [-0.2, 0) is 0 Å². The minimum atomic E-state index is 0.240. The van der Waals surface area contributed by atoms with E-state index in [4.69, 9.17) is 14.2 Å². The normalized spacial score (nSPS) is 13.6. The summed E-state index contributed by atoms with van der Waals surface area (Å²) < 4.78 is 16.4. The van der Waals surface area contributed by atoms with Gasteiger partial charge in [-0.05, 0) is 24.9 Å². The topological polar surface area (TPSA) is 39.7 Å². The van der Waals surface area contributed by atoms with Gasteiger partial charge in [0.05, 0.1) is 21.3 Å². The number of hydrogen-bond donors (Lipinski definition) is 1. The molecule has 0 spiro atoms. The Morgan fingerprint density at radius 2 is 1.52 bits per heavy atom. The summed E-state index contributed by atoms with van der Waals surface area (Å²) in [5, 5.41) is 3.62. The Labute approximate surface area is 128 Å². The summed E-state index contributed by atoms with van der Waals surface area (Å²) in [4.78, 5) is 0. The van der Waals surface area contributed by atoms with Gasteiger partial charge in [-0.2, -0.15) is 0 Å². The van der Waals surface area contributed by atoms with Crippen molar-refractivity contribution in [3.05, 3.63) is 17.7 Å². The largest absolute Gasteiger partial charge is 0.496 e. The SMILES string of the molecule is CCCNC(c1cc(OC)c(OC)cc1OC)C(C)CC. The molecule has 2 unspecified atom stereocenters. The molecule has 0 saturated heterocycles. The Balaban J connectivity index is 3.27. The maximum atomic E-state index is 5.57. The molecule has 0 aliphatic carbocycles. The molecule has 0 aromatic heterocycles. The lowest BCUT2D eigenvalue weighted by atomic mass is 9.91. The Bertz CT molecular complexity index is 434. The van der Waals surface area contributed by atoms with Crippen LogP contribution in [-0.4, -0.2) is 27.9 Å². The predicted octanol–water partition coefficient (Wildman–Crippen LogP) is 3.80. The van der Waals surface area contributed by atoms with E-state index < -0.39 is 0 Å². The molecule has 0 amide bonds. The summed E-state index contributed by atoms with van der Waals surface area (Å²) >= 11 is 0. The second kappa shape index (κ2) is 8.78. The molecule has 0 bridgehead atoms. The highest BCUT2D eigenvalue weighted by molar-refractivity contribution is 5.52. The van der Waals surface area contributed by atoms with Gasteiger partial charge in [0.2, 0.25) is 0 Å². The van der Waals surface area contributed by atoms with Crippen molar-refractivity contribution in [2.24, 2.45) is 5.92 Å². The van der Waals surface area contributed by atoms with Gasteiger partial charge < -0.3 is 19.5 Å². The molecule has 0 aliphatic rings. The van der Waals surface area contributed by atoms with Crippen LogP contribution in [0, 0.1) is 5.92 Å². The summed E-state index contributed by atoms with van der Waals surface area (Å²) in [5.74, 6) is 2.77. The van der Waals surface area contributed by atoms with Crippen molar-refractivity contribution < 1.29 is 14.2 Å². The third kappa shape index (κ3) is 4.27. The minimum Gasteiger partial charge on any atom is -0.496 e. The van der Waals surface area contributed by atoms with Crippen LogP contribution >= 0.6 is 0 Å². The zero-order valence-electron chi connectivity index (χ0n) is 14.2. The van der Waals surface area contributed by atoms with Gasteiger partial charge in [-0.25, -0.2) is 0 Å². The Morgan fingerprint density at radius 3 is 2.00 bits per heavy atom. The molecule has 0 aliphatic heterocycles. The lowest BCUT2D eigenvalue weighted by Crippen LogP contribution is -2.28. The maximum absolute atomic E-state index is 5.57. The number of nitrogens with one attached hydrogen (secondary N) is 1. The van der Waals surface area contributed by atoms with Crippen molar-refractivity contribution in [2.45, 2.75) is 39.7 Å². The molecule has 0 radical (unpaired) electrons. The van der Waals surface area contributed by atoms with E-state index in [0.29, 0.717) is 11.7 Å². The number of hydrogen-bond acceptors (Lipinski definition) is 4. The number of benzene rings is 1. The second-order valence-electron chi connectivity index (χ2n) is 5.27. The molecule has 1 N–H and O–H groups in total. The summed E-state index contributed by atoms with van der Waals surface area (Å²) in [6.07, 6.45) is 2.20. The highest BCUT2D eigenvalue weighted by Gasteiger charge is 2.23.